The minimum Gasteiger partial charge on any atom is -0.507 e. The van der Waals surface area contributed by atoms with Crippen LogP contribution in [0.25, 0.3) is 16.9 Å². The highest BCUT2D eigenvalue weighted by atomic mass is 16.5. The summed E-state index contributed by atoms with van der Waals surface area (Å²) in [4.78, 5) is 4.03. The molecule has 3 aromatic rings. The van der Waals surface area contributed by atoms with Crippen molar-refractivity contribution in [3.8, 4) is 28.6 Å². The molecule has 2 fully saturated rings. The summed E-state index contributed by atoms with van der Waals surface area (Å²) in [6, 6.07) is 10.3. The van der Waals surface area contributed by atoms with E-state index in [9.17, 15) is 5.11 Å². The average Bonchev–Trinajstić information content (AvgIpc) is 3.23. The van der Waals surface area contributed by atoms with Crippen LogP contribution in [0.3, 0.4) is 0 Å². The highest BCUT2D eigenvalue weighted by molar-refractivity contribution is 5.68. The van der Waals surface area contributed by atoms with Gasteiger partial charge in [0.1, 0.15) is 11.9 Å². The van der Waals surface area contributed by atoms with Crippen LogP contribution in [0.1, 0.15) is 32.1 Å². The topological polar surface area (TPSA) is 85.1 Å². The molecule has 2 aliphatic heterocycles. The summed E-state index contributed by atoms with van der Waals surface area (Å²) >= 11 is 0. The van der Waals surface area contributed by atoms with Crippen LogP contribution in [0.15, 0.2) is 49.1 Å². The summed E-state index contributed by atoms with van der Waals surface area (Å²) in [5, 5.41) is 22.6. The quantitative estimate of drug-likeness (QED) is 0.727. The van der Waals surface area contributed by atoms with Gasteiger partial charge in [-0.05, 0) is 43.9 Å². The van der Waals surface area contributed by atoms with Crippen LogP contribution in [0.4, 0.5) is 0 Å². The van der Waals surface area contributed by atoms with Gasteiger partial charge in [0.15, 0.2) is 0 Å². The first kappa shape index (κ1) is 17.2. The van der Waals surface area contributed by atoms with E-state index in [4.69, 9.17) is 4.74 Å². The van der Waals surface area contributed by atoms with Crippen molar-refractivity contribution in [3.63, 3.8) is 0 Å². The number of hydrogen-bond donors (Lipinski definition) is 2. The number of nitrogens with zero attached hydrogens (tertiary/aromatic N) is 4. The van der Waals surface area contributed by atoms with Crippen molar-refractivity contribution in [2.24, 2.45) is 0 Å². The fourth-order valence-electron chi connectivity index (χ4n) is 4.32. The molecule has 2 saturated heterocycles. The molecule has 3 atom stereocenters. The maximum absolute atomic E-state index is 10.4. The molecule has 1 aromatic carbocycles. The Morgan fingerprint density at radius 3 is 2.61 bits per heavy atom. The second-order valence-electron chi connectivity index (χ2n) is 7.63. The Morgan fingerprint density at radius 2 is 1.93 bits per heavy atom. The van der Waals surface area contributed by atoms with E-state index in [0.29, 0.717) is 29.2 Å². The van der Waals surface area contributed by atoms with Crippen LogP contribution in [0.2, 0.25) is 0 Å². The Bertz CT molecular complexity index is 930. The van der Waals surface area contributed by atoms with Crippen LogP contribution in [-0.4, -0.2) is 43.0 Å². The lowest BCUT2D eigenvalue weighted by molar-refractivity contribution is 0.0881. The fraction of sp³-hybridized carbons (Fsp3) is 0.381. The molecular formula is C21H23N5O2. The number of piperidine rings is 2. The molecule has 1 unspecified atom stereocenters. The molecule has 0 aliphatic carbocycles. The molecule has 0 radical (unpaired) electrons. The molecule has 0 spiro atoms. The monoisotopic (exact) mass is 377 g/mol. The lowest BCUT2D eigenvalue weighted by atomic mass is 9.85. The minimum atomic E-state index is 0.153. The Morgan fingerprint density at radius 1 is 1.07 bits per heavy atom. The van der Waals surface area contributed by atoms with Gasteiger partial charge < -0.3 is 19.7 Å². The van der Waals surface area contributed by atoms with Gasteiger partial charge in [0.2, 0.25) is 5.88 Å². The van der Waals surface area contributed by atoms with Crippen molar-refractivity contribution in [1.29, 1.82) is 0 Å². The van der Waals surface area contributed by atoms with Crippen molar-refractivity contribution in [3.05, 3.63) is 49.1 Å². The molecular weight excluding hydrogens is 354 g/mol. The van der Waals surface area contributed by atoms with Gasteiger partial charge in [-0.25, -0.2) is 4.98 Å². The summed E-state index contributed by atoms with van der Waals surface area (Å²) in [6.45, 7) is 0. The number of fused-ring (bicyclic) bond motifs is 2. The number of aromatic nitrogens is 4. The Balaban J connectivity index is 1.30. The number of phenols is 1. The molecule has 0 amide bonds. The maximum Gasteiger partial charge on any atom is 0.233 e. The number of imidazole rings is 1. The second kappa shape index (κ2) is 7.24. The average molecular weight is 377 g/mol. The number of phenolic OH excluding ortho intramolecular Hbond substituents is 1. The first-order valence-electron chi connectivity index (χ1n) is 9.83. The van der Waals surface area contributed by atoms with E-state index in [1.54, 1.807) is 18.6 Å². The number of benzene rings is 1. The SMILES string of the molecule is Oc1cc(-n2ccnc2)ccc1-c1ccc(OC2C[C@H]3CCC[C@@H](C2)N3)nn1. The Hall–Kier alpha value is -2.93. The molecule has 5 rings (SSSR count). The molecule has 4 heterocycles. The summed E-state index contributed by atoms with van der Waals surface area (Å²) < 4.78 is 7.93. The van der Waals surface area contributed by atoms with E-state index in [1.807, 2.05) is 35.0 Å². The van der Waals surface area contributed by atoms with E-state index in [1.165, 1.54) is 19.3 Å². The zero-order valence-electron chi connectivity index (χ0n) is 15.5. The highest BCUT2D eigenvalue weighted by Gasteiger charge is 2.32. The number of aromatic hydroxyl groups is 1. The first-order chi connectivity index (χ1) is 13.7. The number of nitrogens with one attached hydrogen (secondary N) is 1. The van der Waals surface area contributed by atoms with E-state index in [0.717, 1.165) is 18.5 Å². The fourth-order valence-corrected chi connectivity index (χ4v) is 4.32. The van der Waals surface area contributed by atoms with Gasteiger partial charge in [-0.15, -0.1) is 10.2 Å². The molecule has 2 aliphatic rings. The predicted molar refractivity (Wildman–Crippen MR) is 104 cm³/mol. The maximum atomic E-state index is 10.4. The molecule has 28 heavy (non-hydrogen) atoms. The molecule has 2 bridgehead atoms. The van der Waals surface area contributed by atoms with E-state index in [2.05, 4.69) is 20.5 Å². The summed E-state index contributed by atoms with van der Waals surface area (Å²) in [7, 11) is 0. The van der Waals surface area contributed by atoms with Crippen LogP contribution < -0.4 is 10.1 Å². The third-order valence-corrected chi connectivity index (χ3v) is 5.66. The molecule has 7 heteroatoms. The molecule has 7 nitrogen and oxygen atoms in total. The summed E-state index contributed by atoms with van der Waals surface area (Å²) in [5.74, 6) is 0.698. The van der Waals surface area contributed by atoms with Crippen LogP contribution in [0.5, 0.6) is 11.6 Å². The van der Waals surface area contributed by atoms with Gasteiger partial charge >= 0.3 is 0 Å². The van der Waals surface area contributed by atoms with Crippen LogP contribution >= 0.6 is 0 Å². The largest absolute Gasteiger partial charge is 0.507 e. The smallest absolute Gasteiger partial charge is 0.233 e. The lowest BCUT2D eigenvalue weighted by Crippen LogP contribution is -2.51. The van der Waals surface area contributed by atoms with Crippen molar-refractivity contribution in [2.75, 3.05) is 0 Å². The van der Waals surface area contributed by atoms with Gasteiger partial charge in [-0.3, -0.25) is 0 Å². The zero-order valence-corrected chi connectivity index (χ0v) is 15.5. The first-order valence-corrected chi connectivity index (χ1v) is 9.83. The standard InChI is InChI=1S/C21H23N5O2/c27-20-12-16(26-9-8-22-13-26)4-5-18(20)19-6-7-21(25-24-19)28-17-10-14-2-1-3-15(11-17)23-14/h4-9,12-15,17,23,27H,1-3,10-11H2/t14-,15+,17?. The predicted octanol–water partition coefficient (Wildman–Crippen LogP) is 3.09. The summed E-state index contributed by atoms with van der Waals surface area (Å²) in [5.41, 5.74) is 2.09. The van der Waals surface area contributed by atoms with Gasteiger partial charge in [0.05, 0.1) is 17.7 Å². The van der Waals surface area contributed by atoms with Crippen molar-refractivity contribution in [1.82, 2.24) is 25.1 Å². The summed E-state index contributed by atoms with van der Waals surface area (Å²) in [6.07, 6.45) is 11.2. The van der Waals surface area contributed by atoms with Gasteiger partial charge in [-0.1, -0.05) is 6.42 Å². The van der Waals surface area contributed by atoms with Crippen LogP contribution in [0, 0.1) is 0 Å². The van der Waals surface area contributed by atoms with E-state index in [-0.39, 0.29) is 11.9 Å². The molecule has 2 N–H and O–H groups in total. The number of rotatable bonds is 4. The Kier molecular flexibility index (Phi) is 4.44. The normalized spacial score (nSPS) is 24.1. The van der Waals surface area contributed by atoms with E-state index >= 15 is 0 Å². The molecule has 144 valence electrons. The second-order valence-corrected chi connectivity index (χ2v) is 7.63. The van der Waals surface area contributed by atoms with Crippen molar-refractivity contribution in [2.45, 2.75) is 50.3 Å². The van der Waals surface area contributed by atoms with Gasteiger partial charge in [-0.2, -0.15) is 0 Å². The third kappa shape index (κ3) is 3.45. The van der Waals surface area contributed by atoms with Crippen molar-refractivity contribution >= 4 is 0 Å². The van der Waals surface area contributed by atoms with Gasteiger partial charge in [0, 0.05) is 42.2 Å². The van der Waals surface area contributed by atoms with Gasteiger partial charge in [0.25, 0.3) is 0 Å². The molecule has 2 aromatic heterocycles. The zero-order chi connectivity index (χ0) is 18.9. The van der Waals surface area contributed by atoms with Crippen molar-refractivity contribution < 1.29 is 9.84 Å². The van der Waals surface area contributed by atoms with E-state index < -0.39 is 0 Å². The number of hydrogen-bond acceptors (Lipinski definition) is 6. The number of ether oxygens (including phenoxy) is 1. The minimum absolute atomic E-state index is 0.153. The highest BCUT2D eigenvalue weighted by Crippen LogP contribution is 2.31. The molecule has 0 saturated carbocycles. The van der Waals surface area contributed by atoms with Crippen LogP contribution in [-0.2, 0) is 0 Å². The lowest BCUT2D eigenvalue weighted by Gasteiger charge is -2.39. The Labute approximate surface area is 163 Å². The third-order valence-electron chi connectivity index (χ3n) is 5.66.